The summed E-state index contributed by atoms with van der Waals surface area (Å²) in [6.07, 6.45) is 5.39. The van der Waals surface area contributed by atoms with Crippen LogP contribution >= 0.6 is 11.3 Å². The second kappa shape index (κ2) is 6.36. The van der Waals surface area contributed by atoms with E-state index in [4.69, 9.17) is 0 Å². The molecule has 1 aromatic rings. The normalized spacial score (nSPS) is 25.5. The second-order valence-corrected chi connectivity index (χ2v) is 9.35. The fourth-order valence-electron chi connectivity index (χ4n) is 3.45. The summed E-state index contributed by atoms with van der Waals surface area (Å²) in [5.41, 5.74) is 0. The number of hydrogen-bond acceptors (Lipinski definition) is 4. The van der Waals surface area contributed by atoms with Crippen LogP contribution in [0.3, 0.4) is 0 Å². The first-order chi connectivity index (χ1) is 10.1. The fraction of sp³-hybridized carbons (Fsp3) is 0.733. The number of aryl methyl sites for hydroxylation is 1. The van der Waals surface area contributed by atoms with Crippen molar-refractivity contribution in [2.75, 3.05) is 19.6 Å². The third kappa shape index (κ3) is 3.18. The zero-order chi connectivity index (χ0) is 14.9. The van der Waals surface area contributed by atoms with Gasteiger partial charge in [0.1, 0.15) is 4.21 Å². The summed E-state index contributed by atoms with van der Waals surface area (Å²) in [5, 5.41) is 3.56. The van der Waals surface area contributed by atoms with Crippen LogP contribution < -0.4 is 5.32 Å². The highest BCUT2D eigenvalue weighted by Gasteiger charge is 2.33. The molecule has 0 bridgehead atoms. The van der Waals surface area contributed by atoms with Crippen LogP contribution in [0.25, 0.3) is 0 Å². The number of piperidine rings is 1. The molecule has 0 aromatic carbocycles. The predicted octanol–water partition coefficient (Wildman–Crippen LogP) is 2.46. The molecule has 3 rings (SSSR count). The minimum atomic E-state index is -3.27. The highest BCUT2D eigenvalue weighted by molar-refractivity contribution is 7.91. The summed E-state index contributed by atoms with van der Waals surface area (Å²) in [5.74, 6) is 0.647. The first-order valence-electron chi connectivity index (χ1n) is 7.93. The highest BCUT2D eigenvalue weighted by Crippen LogP contribution is 2.31. The third-order valence-corrected chi connectivity index (χ3v) is 8.34. The molecule has 2 saturated heterocycles. The Morgan fingerprint density at radius 3 is 2.62 bits per heavy atom. The summed E-state index contributed by atoms with van der Waals surface area (Å²) in [7, 11) is -3.27. The van der Waals surface area contributed by atoms with Crippen molar-refractivity contribution in [3.8, 4) is 0 Å². The summed E-state index contributed by atoms with van der Waals surface area (Å²) < 4.78 is 27.5. The van der Waals surface area contributed by atoms with E-state index in [0.717, 1.165) is 30.7 Å². The molecule has 4 nitrogen and oxygen atoms in total. The molecular weight excluding hydrogens is 304 g/mol. The van der Waals surface area contributed by atoms with Crippen molar-refractivity contribution in [2.24, 2.45) is 5.92 Å². The molecule has 0 radical (unpaired) electrons. The zero-order valence-electron chi connectivity index (χ0n) is 12.5. The SMILES string of the molecule is CCc1ccc(S(=O)(=O)N2CCC(C3CCCN3)CC2)s1. The Morgan fingerprint density at radius 2 is 2.05 bits per heavy atom. The highest BCUT2D eigenvalue weighted by atomic mass is 32.2. The summed E-state index contributed by atoms with van der Waals surface area (Å²) in [4.78, 5) is 1.14. The van der Waals surface area contributed by atoms with Gasteiger partial charge in [0.25, 0.3) is 10.0 Å². The minimum Gasteiger partial charge on any atom is -0.314 e. The predicted molar refractivity (Wildman–Crippen MR) is 86.2 cm³/mol. The van der Waals surface area contributed by atoms with E-state index in [1.807, 2.05) is 6.07 Å². The van der Waals surface area contributed by atoms with E-state index in [2.05, 4.69) is 12.2 Å². The second-order valence-electron chi connectivity index (χ2n) is 6.02. The number of nitrogens with one attached hydrogen (secondary N) is 1. The molecule has 2 aliphatic heterocycles. The zero-order valence-corrected chi connectivity index (χ0v) is 14.2. The van der Waals surface area contributed by atoms with E-state index in [9.17, 15) is 8.42 Å². The minimum absolute atomic E-state index is 0.511. The van der Waals surface area contributed by atoms with Crippen molar-refractivity contribution >= 4 is 21.4 Å². The Bertz CT molecular complexity index is 568. The van der Waals surface area contributed by atoms with E-state index in [1.165, 1.54) is 24.2 Å². The van der Waals surface area contributed by atoms with Crippen molar-refractivity contribution in [2.45, 2.75) is 49.3 Å². The maximum atomic E-state index is 12.7. The molecule has 0 spiro atoms. The molecule has 0 aliphatic carbocycles. The molecule has 3 heterocycles. The van der Waals surface area contributed by atoms with Crippen molar-refractivity contribution in [3.05, 3.63) is 17.0 Å². The average Bonchev–Trinajstić information content (AvgIpc) is 3.19. The van der Waals surface area contributed by atoms with Gasteiger partial charge in [-0.3, -0.25) is 0 Å². The molecule has 21 heavy (non-hydrogen) atoms. The molecule has 118 valence electrons. The van der Waals surface area contributed by atoms with Crippen molar-refractivity contribution < 1.29 is 8.42 Å². The van der Waals surface area contributed by atoms with Gasteiger partial charge in [-0.15, -0.1) is 11.3 Å². The van der Waals surface area contributed by atoms with E-state index in [0.29, 0.717) is 29.3 Å². The number of thiophene rings is 1. The molecule has 6 heteroatoms. The summed E-state index contributed by atoms with van der Waals surface area (Å²) >= 11 is 1.42. The number of rotatable bonds is 4. The summed E-state index contributed by atoms with van der Waals surface area (Å²) in [6.45, 7) is 4.52. The van der Waals surface area contributed by atoms with Gasteiger partial charge in [0, 0.05) is 24.0 Å². The van der Waals surface area contributed by atoms with Crippen molar-refractivity contribution in [1.82, 2.24) is 9.62 Å². The Hall–Kier alpha value is -0.430. The van der Waals surface area contributed by atoms with Crippen LogP contribution in [0.1, 0.15) is 37.5 Å². The van der Waals surface area contributed by atoms with Gasteiger partial charge in [0.15, 0.2) is 0 Å². The van der Waals surface area contributed by atoms with E-state index < -0.39 is 10.0 Å². The molecule has 1 atom stereocenters. The van der Waals surface area contributed by atoms with Gasteiger partial charge in [-0.25, -0.2) is 8.42 Å². The number of sulfonamides is 1. The number of nitrogens with zero attached hydrogens (tertiary/aromatic N) is 1. The lowest BCUT2D eigenvalue weighted by Gasteiger charge is -2.33. The van der Waals surface area contributed by atoms with Crippen LogP contribution in [0.4, 0.5) is 0 Å². The van der Waals surface area contributed by atoms with E-state index in [-0.39, 0.29) is 0 Å². The topological polar surface area (TPSA) is 49.4 Å². The molecule has 0 amide bonds. The molecular formula is C15H24N2O2S2. The van der Waals surface area contributed by atoms with E-state index >= 15 is 0 Å². The van der Waals surface area contributed by atoms with Crippen LogP contribution in [0.15, 0.2) is 16.3 Å². The van der Waals surface area contributed by atoms with Crippen molar-refractivity contribution in [1.29, 1.82) is 0 Å². The van der Waals surface area contributed by atoms with E-state index in [1.54, 1.807) is 10.4 Å². The van der Waals surface area contributed by atoms with Gasteiger partial charge < -0.3 is 5.32 Å². The lowest BCUT2D eigenvalue weighted by atomic mass is 9.89. The molecule has 1 N–H and O–H groups in total. The monoisotopic (exact) mass is 328 g/mol. The van der Waals surface area contributed by atoms with Crippen LogP contribution in [0.5, 0.6) is 0 Å². The van der Waals surface area contributed by atoms with Crippen LogP contribution in [0.2, 0.25) is 0 Å². The standard InChI is InChI=1S/C15H24N2O2S2/c1-2-13-5-6-15(20-13)21(18,19)17-10-7-12(8-11-17)14-4-3-9-16-14/h5-6,12,14,16H,2-4,7-11H2,1H3. The average molecular weight is 329 g/mol. The Kier molecular flexibility index (Phi) is 4.69. The maximum Gasteiger partial charge on any atom is 0.252 e. The quantitative estimate of drug-likeness (QED) is 0.924. The molecule has 0 saturated carbocycles. The fourth-order valence-corrected chi connectivity index (χ4v) is 6.37. The third-order valence-electron chi connectivity index (χ3n) is 4.75. The lowest BCUT2D eigenvalue weighted by Crippen LogP contribution is -2.43. The Balaban J connectivity index is 1.65. The molecule has 2 aliphatic rings. The molecule has 1 aromatic heterocycles. The lowest BCUT2D eigenvalue weighted by molar-refractivity contribution is 0.234. The van der Waals surface area contributed by atoms with Gasteiger partial charge in [-0.05, 0) is 56.7 Å². The van der Waals surface area contributed by atoms with Crippen LogP contribution in [-0.4, -0.2) is 38.4 Å². The first kappa shape index (κ1) is 15.5. The van der Waals surface area contributed by atoms with Gasteiger partial charge in [-0.2, -0.15) is 4.31 Å². The van der Waals surface area contributed by atoms with Gasteiger partial charge in [-0.1, -0.05) is 6.92 Å². The smallest absolute Gasteiger partial charge is 0.252 e. The van der Waals surface area contributed by atoms with Gasteiger partial charge in [0.2, 0.25) is 0 Å². The van der Waals surface area contributed by atoms with Gasteiger partial charge >= 0.3 is 0 Å². The summed E-state index contributed by atoms with van der Waals surface area (Å²) in [6, 6.07) is 4.32. The van der Waals surface area contributed by atoms with Crippen LogP contribution in [0, 0.1) is 5.92 Å². The number of hydrogen-bond donors (Lipinski definition) is 1. The molecule has 2 fully saturated rings. The Labute approximate surface area is 131 Å². The van der Waals surface area contributed by atoms with Gasteiger partial charge in [0.05, 0.1) is 0 Å². The van der Waals surface area contributed by atoms with Crippen molar-refractivity contribution in [3.63, 3.8) is 0 Å². The largest absolute Gasteiger partial charge is 0.314 e. The maximum absolute atomic E-state index is 12.7. The Morgan fingerprint density at radius 1 is 1.29 bits per heavy atom. The molecule has 1 unspecified atom stereocenters. The first-order valence-corrected chi connectivity index (χ1v) is 10.2. The van der Waals surface area contributed by atoms with Crippen LogP contribution in [-0.2, 0) is 16.4 Å².